The van der Waals surface area contributed by atoms with Gasteiger partial charge < -0.3 is 19.5 Å². The highest BCUT2D eigenvalue weighted by molar-refractivity contribution is 5.95. The average molecular weight is 427 g/mol. The first-order valence-corrected chi connectivity index (χ1v) is 11.0. The third kappa shape index (κ3) is 2.36. The van der Waals surface area contributed by atoms with Crippen LogP contribution in [0.4, 0.5) is 5.69 Å². The van der Waals surface area contributed by atoms with Crippen molar-refractivity contribution in [1.29, 1.82) is 0 Å². The summed E-state index contributed by atoms with van der Waals surface area (Å²) in [5, 5.41) is 11.8. The Morgan fingerprint density at radius 2 is 2.10 bits per heavy atom. The fourth-order valence-corrected chi connectivity index (χ4v) is 7.39. The van der Waals surface area contributed by atoms with Gasteiger partial charge in [0.25, 0.3) is 0 Å². The Morgan fingerprint density at radius 1 is 1.32 bits per heavy atom. The molecule has 6 unspecified atom stereocenters. The summed E-state index contributed by atoms with van der Waals surface area (Å²) in [7, 11) is 3.37. The molecule has 0 aromatic heterocycles. The van der Waals surface area contributed by atoms with Crippen molar-refractivity contribution in [3.63, 3.8) is 0 Å². The lowest BCUT2D eigenvalue weighted by Gasteiger charge is -2.60. The van der Waals surface area contributed by atoms with Gasteiger partial charge in [0.1, 0.15) is 12.2 Å². The SMILES string of the molecule is CCC12C=CCN3CCC4(c5c(C(=O)OC)cccc5N(C)C4C(O)C1OC(C)=O)C32. The van der Waals surface area contributed by atoms with Gasteiger partial charge in [-0.05, 0) is 37.1 Å². The first kappa shape index (κ1) is 20.5. The molecule has 5 rings (SSSR count). The van der Waals surface area contributed by atoms with Gasteiger partial charge in [0.2, 0.25) is 0 Å². The normalized spacial score (nSPS) is 37.8. The molecule has 1 spiro atoms. The van der Waals surface area contributed by atoms with Gasteiger partial charge in [-0.2, -0.15) is 0 Å². The molecular weight excluding hydrogens is 396 g/mol. The zero-order valence-corrected chi connectivity index (χ0v) is 18.5. The van der Waals surface area contributed by atoms with Crippen LogP contribution in [0.15, 0.2) is 30.4 Å². The minimum absolute atomic E-state index is 0.00209. The van der Waals surface area contributed by atoms with E-state index in [0.717, 1.165) is 30.8 Å². The lowest BCUT2D eigenvalue weighted by molar-refractivity contribution is -0.184. The van der Waals surface area contributed by atoms with Crippen LogP contribution >= 0.6 is 0 Å². The summed E-state index contributed by atoms with van der Waals surface area (Å²) in [6, 6.07) is 5.40. The van der Waals surface area contributed by atoms with Crippen molar-refractivity contribution in [2.75, 3.05) is 32.1 Å². The molecule has 3 aliphatic heterocycles. The number of ether oxygens (including phenoxy) is 2. The number of aliphatic hydroxyl groups excluding tert-OH is 1. The molecule has 6 atom stereocenters. The first-order valence-electron chi connectivity index (χ1n) is 11.0. The van der Waals surface area contributed by atoms with Gasteiger partial charge in [0.05, 0.1) is 18.7 Å². The third-order valence-electron chi connectivity index (χ3n) is 8.25. The molecule has 1 aliphatic carbocycles. The first-order chi connectivity index (χ1) is 14.8. The van der Waals surface area contributed by atoms with Gasteiger partial charge in [0.15, 0.2) is 0 Å². The molecule has 1 aromatic rings. The van der Waals surface area contributed by atoms with Crippen molar-refractivity contribution in [3.8, 4) is 0 Å². The predicted octanol–water partition coefficient (Wildman–Crippen LogP) is 1.88. The maximum absolute atomic E-state index is 12.8. The Bertz CT molecular complexity index is 977. The van der Waals surface area contributed by atoms with E-state index < -0.39 is 23.0 Å². The highest BCUT2D eigenvalue weighted by Gasteiger charge is 2.73. The summed E-state index contributed by atoms with van der Waals surface area (Å²) in [6.07, 6.45) is 4.27. The number of anilines is 1. The number of aliphatic hydroxyl groups is 1. The Balaban J connectivity index is 1.81. The summed E-state index contributed by atoms with van der Waals surface area (Å²) >= 11 is 0. The molecule has 1 saturated carbocycles. The summed E-state index contributed by atoms with van der Waals surface area (Å²) in [5.41, 5.74) is 1.47. The van der Waals surface area contributed by atoms with Gasteiger partial charge in [-0.1, -0.05) is 25.1 Å². The fraction of sp³-hybridized carbons (Fsp3) is 0.583. The van der Waals surface area contributed by atoms with Gasteiger partial charge in [-0.15, -0.1) is 0 Å². The summed E-state index contributed by atoms with van der Waals surface area (Å²) in [5.74, 6) is -0.745. The number of nitrogens with zero attached hydrogens (tertiary/aromatic N) is 2. The van der Waals surface area contributed by atoms with E-state index >= 15 is 0 Å². The smallest absolute Gasteiger partial charge is 0.338 e. The molecule has 0 bridgehead atoms. The van der Waals surface area contributed by atoms with E-state index in [4.69, 9.17) is 9.47 Å². The molecule has 31 heavy (non-hydrogen) atoms. The fourth-order valence-electron chi connectivity index (χ4n) is 7.39. The number of likely N-dealkylation sites (N-methyl/N-ethyl adjacent to an activating group) is 1. The van der Waals surface area contributed by atoms with Crippen LogP contribution in [0.2, 0.25) is 0 Å². The Labute approximate surface area is 182 Å². The van der Waals surface area contributed by atoms with Gasteiger partial charge in [0, 0.05) is 43.1 Å². The second-order valence-electron chi connectivity index (χ2n) is 9.32. The molecule has 3 heterocycles. The summed E-state index contributed by atoms with van der Waals surface area (Å²) < 4.78 is 11.0. The lowest BCUT2D eigenvalue weighted by atomic mass is 9.51. The van der Waals surface area contributed by atoms with E-state index in [-0.39, 0.29) is 24.0 Å². The average Bonchev–Trinajstić information content (AvgIpc) is 3.28. The van der Waals surface area contributed by atoms with Crippen molar-refractivity contribution in [2.45, 2.75) is 56.4 Å². The van der Waals surface area contributed by atoms with Crippen molar-refractivity contribution in [2.24, 2.45) is 5.41 Å². The number of fused-ring (bicyclic) bond motifs is 1. The number of methoxy groups -OCH3 is 1. The number of benzene rings is 1. The molecule has 1 aromatic carbocycles. The quantitative estimate of drug-likeness (QED) is 0.584. The van der Waals surface area contributed by atoms with Crippen LogP contribution in [0.3, 0.4) is 0 Å². The van der Waals surface area contributed by atoms with Crippen LogP contribution < -0.4 is 4.90 Å². The van der Waals surface area contributed by atoms with Crippen LogP contribution in [0, 0.1) is 5.41 Å². The summed E-state index contributed by atoms with van der Waals surface area (Å²) in [6.45, 7) is 5.16. The molecule has 1 N–H and O–H groups in total. The number of hydrogen-bond donors (Lipinski definition) is 1. The summed E-state index contributed by atoms with van der Waals surface area (Å²) in [4.78, 5) is 29.5. The maximum Gasteiger partial charge on any atom is 0.338 e. The lowest BCUT2D eigenvalue weighted by Crippen LogP contribution is -2.74. The van der Waals surface area contributed by atoms with Crippen LogP contribution in [-0.4, -0.2) is 73.5 Å². The number of hydrogen-bond acceptors (Lipinski definition) is 7. The monoisotopic (exact) mass is 426 g/mol. The molecule has 7 nitrogen and oxygen atoms in total. The van der Waals surface area contributed by atoms with Gasteiger partial charge >= 0.3 is 11.9 Å². The van der Waals surface area contributed by atoms with Crippen molar-refractivity contribution in [3.05, 3.63) is 41.5 Å². The molecule has 4 aliphatic rings. The molecule has 0 amide bonds. The molecule has 2 fully saturated rings. The van der Waals surface area contributed by atoms with Gasteiger partial charge in [-0.3, -0.25) is 9.69 Å². The predicted molar refractivity (Wildman–Crippen MR) is 115 cm³/mol. The number of carbonyl (C=O) groups is 2. The number of esters is 2. The Hall–Kier alpha value is -2.38. The molecule has 0 radical (unpaired) electrons. The second kappa shape index (κ2) is 6.81. The molecule has 7 heteroatoms. The van der Waals surface area contributed by atoms with Crippen molar-refractivity contribution in [1.82, 2.24) is 4.90 Å². The van der Waals surface area contributed by atoms with Crippen LogP contribution in [-0.2, 0) is 19.7 Å². The second-order valence-corrected chi connectivity index (χ2v) is 9.32. The number of carbonyl (C=O) groups excluding carboxylic acids is 2. The topological polar surface area (TPSA) is 79.3 Å². The zero-order chi connectivity index (χ0) is 22.1. The largest absolute Gasteiger partial charge is 0.465 e. The molecule has 1 saturated heterocycles. The van der Waals surface area contributed by atoms with E-state index in [2.05, 4.69) is 28.9 Å². The van der Waals surface area contributed by atoms with Gasteiger partial charge in [-0.25, -0.2) is 4.79 Å². The minimum atomic E-state index is -0.898. The minimum Gasteiger partial charge on any atom is -0.465 e. The van der Waals surface area contributed by atoms with Crippen molar-refractivity contribution >= 4 is 17.6 Å². The highest BCUT2D eigenvalue weighted by Crippen LogP contribution is 2.65. The van der Waals surface area contributed by atoms with Crippen LogP contribution in [0.5, 0.6) is 0 Å². The van der Waals surface area contributed by atoms with E-state index in [1.807, 2.05) is 25.2 Å². The standard InChI is InChI=1S/C24H30N2O5/c1-5-23-10-7-12-26-13-11-24(22(23)26)17-15(21(29)30-4)8-6-9-16(17)25(3)19(24)18(28)20(23)31-14(2)27/h6-10,18-20,22,28H,5,11-13H2,1-4H3. The van der Waals surface area contributed by atoms with Crippen LogP contribution in [0.1, 0.15) is 42.6 Å². The van der Waals surface area contributed by atoms with E-state index in [1.54, 1.807) is 0 Å². The van der Waals surface area contributed by atoms with E-state index in [0.29, 0.717) is 12.0 Å². The van der Waals surface area contributed by atoms with Crippen LogP contribution in [0.25, 0.3) is 0 Å². The zero-order valence-electron chi connectivity index (χ0n) is 18.5. The Morgan fingerprint density at radius 3 is 2.77 bits per heavy atom. The van der Waals surface area contributed by atoms with E-state index in [1.165, 1.54) is 14.0 Å². The van der Waals surface area contributed by atoms with Crippen molar-refractivity contribution < 1.29 is 24.2 Å². The number of rotatable bonds is 3. The van der Waals surface area contributed by atoms with E-state index in [9.17, 15) is 14.7 Å². The molecule has 166 valence electrons. The highest BCUT2D eigenvalue weighted by atomic mass is 16.6. The Kier molecular flexibility index (Phi) is 4.51. The molecular formula is C24H30N2O5. The maximum atomic E-state index is 12.8. The third-order valence-corrected chi connectivity index (χ3v) is 8.25.